The zero-order valence-corrected chi connectivity index (χ0v) is 8.21. The monoisotopic (exact) mass is 219 g/mol. The van der Waals surface area contributed by atoms with E-state index in [1.807, 2.05) is 0 Å². The molecule has 1 nitrogen and oxygen atoms in total. The Morgan fingerprint density at radius 1 is 1.70 bits per heavy atom. The summed E-state index contributed by atoms with van der Waals surface area (Å²) in [4.78, 5) is 0. The molecule has 56 valence electrons. The normalized spacial score (nSPS) is 13.5. The van der Waals surface area contributed by atoms with E-state index in [2.05, 4.69) is 33.6 Å². The van der Waals surface area contributed by atoms with E-state index < -0.39 is 0 Å². The zero-order valence-electron chi connectivity index (χ0n) is 5.80. The highest BCUT2D eigenvalue weighted by Gasteiger charge is 2.07. The average molecular weight is 220 g/mol. The SMILES string of the molecule is CC[C@@H](N)c1cscc1Br. The summed E-state index contributed by atoms with van der Waals surface area (Å²) >= 11 is 5.12. The third-order valence-electron chi connectivity index (χ3n) is 1.48. The molecule has 1 atom stereocenters. The van der Waals surface area contributed by atoms with Crippen LogP contribution in [0.25, 0.3) is 0 Å². The molecule has 0 saturated heterocycles. The van der Waals surface area contributed by atoms with Crippen molar-refractivity contribution < 1.29 is 0 Å². The predicted octanol–water partition coefficient (Wildman–Crippen LogP) is 2.92. The van der Waals surface area contributed by atoms with Gasteiger partial charge in [0.25, 0.3) is 0 Å². The number of hydrogen-bond donors (Lipinski definition) is 1. The molecule has 0 spiro atoms. The van der Waals surface area contributed by atoms with E-state index in [0.717, 1.165) is 10.9 Å². The molecule has 0 aromatic carbocycles. The molecule has 0 aliphatic rings. The van der Waals surface area contributed by atoms with Crippen LogP contribution >= 0.6 is 27.3 Å². The molecule has 0 amide bonds. The van der Waals surface area contributed by atoms with Crippen molar-refractivity contribution in [2.45, 2.75) is 19.4 Å². The van der Waals surface area contributed by atoms with Gasteiger partial charge in [-0.1, -0.05) is 6.92 Å². The first kappa shape index (κ1) is 8.24. The van der Waals surface area contributed by atoms with Crippen LogP contribution in [0.2, 0.25) is 0 Å². The molecule has 1 aromatic rings. The van der Waals surface area contributed by atoms with E-state index in [4.69, 9.17) is 5.73 Å². The lowest BCUT2D eigenvalue weighted by atomic mass is 10.1. The minimum atomic E-state index is 0.195. The van der Waals surface area contributed by atoms with Crippen LogP contribution in [0, 0.1) is 0 Å². The van der Waals surface area contributed by atoms with Gasteiger partial charge in [-0.25, -0.2) is 0 Å². The van der Waals surface area contributed by atoms with Crippen LogP contribution in [-0.2, 0) is 0 Å². The van der Waals surface area contributed by atoms with Crippen molar-refractivity contribution >= 4 is 27.3 Å². The van der Waals surface area contributed by atoms with Crippen LogP contribution < -0.4 is 5.73 Å². The number of rotatable bonds is 2. The maximum absolute atomic E-state index is 5.82. The number of thiophene rings is 1. The van der Waals surface area contributed by atoms with E-state index in [0.29, 0.717) is 0 Å². The second kappa shape index (κ2) is 3.51. The summed E-state index contributed by atoms with van der Waals surface area (Å²) in [5.41, 5.74) is 7.05. The van der Waals surface area contributed by atoms with Gasteiger partial charge in [0.1, 0.15) is 0 Å². The van der Waals surface area contributed by atoms with E-state index in [-0.39, 0.29) is 6.04 Å². The van der Waals surface area contributed by atoms with Gasteiger partial charge in [-0.15, -0.1) is 0 Å². The van der Waals surface area contributed by atoms with Crippen LogP contribution in [0.1, 0.15) is 24.9 Å². The largest absolute Gasteiger partial charge is 0.324 e. The molecule has 0 aliphatic heterocycles. The molecule has 0 bridgehead atoms. The Hall–Kier alpha value is 0.140. The first-order valence-electron chi connectivity index (χ1n) is 3.23. The highest BCUT2D eigenvalue weighted by Crippen LogP contribution is 2.27. The molecular formula is C7H10BrNS. The van der Waals surface area contributed by atoms with Crippen LogP contribution in [-0.4, -0.2) is 0 Å². The standard InChI is InChI=1S/C7H10BrNS/c1-2-7(9)5-3-10-4-6(5)8/h3-4,7H,2,9H2,1H3/t7-/m1/s1. The highest BCUT2D eigenvalue weighted by atomic mass is 79.9. The van der Waals surface area contributed by atoms with Crippen LogP contribution in [0.5, 0.6) is 0 Å². The first-order valence-corrected chi connectivity index (χ1v) is 4.96. The third kappa shape index (κ3) is 1.59. The molecule has 10 heavy (non-hydrogen) atoms. The lowest BCUT2D eigenvalue weighted by Gasteiger charge is -2.05. The maximum atomic E-state index is 5.82. The lowest BCUT2D eigenvalue weighted by molar-refractivity contribution is 0.698. The van der Waals surface area contributed by atoms with Gasteiger partial charge in [0.2, 0.25) is 0 Å². The maximum Gasteiger partial charge on any atom is 0.0330 e. The summed E-state index contributed by atoms with van der Waals surface area (Å²) in [5, 5.41) is 4.16. The van der Waals surface area contributed by atoms with Crippen LogP contribution in [0.3, 0.4) is 0 Å². The first-order chi connectivity index (χ1) is 4.75. The van der Waals surface area contributed by atoms with E-state index in [1.165, 1.54) is 5.56 Å². The molecule has 0 saturated carbocycles. The van der Waals surface area contributed by atoms with Crippen LogP contribution in [0.15, 0.2) is 15.2 Å². The second-order valence-corrected chi connectivity index (χ2v) is 3.79. The van der Waals surface area contributed by atoms with Gasteiger partial charge in [-0.3, -0.25) is 0 Å². The lowest BCUT2D eigenvalue weighted by Crippen LogP contribution is -2.07. The summed E-state index contributed by atoms with van der Waals surface area (Å²) in [5.74, 6) is 0. The summed E-state index contributed by atoms with van der Waals surface area (Å²) < 4.78 is 1.15. The van der Waals surface area contributed by atoms with Crippen molar-refractivity contribution in [3.8, 4) is 0 Å². The molecule has 1 heterocycles. The molecule has 0 unspecified atom stereocenters. The van der Waals surface area contributed by atoms with Gasteiger partial charge >= 0.3 is 0 Å². The molecule has 2 N–H and O–H groups in total. The Kier molecular flexibility index (Phi) is 2.89. The Balaban J connectivity index is 2.82. The molecule has 1 rings (SSSR count). The highest BCUT2D eigenvalue weighted by molar-refractivity contribution is 9.10. The molecule has 1 aromatic heterocycles. The summed E-state index contributed by atoms with van der Waals surface area (Å²) in [6, 6.07) is 0.195. The Morgan fingerprint density at radius 2 is 2.40 bits per heavy atom. The smallest absolute Gasteiger partial charge is 0.0330 e. The van der Waals surface area contributed by atoms with Crippen molar-refractivity contribution in [2.24, 2.45) is 5.73 Å². The molecule has 3 heteroatoms. The van der Waals surface area contributed by atoms with Gasteiger partial charge in [-0.05, 0) is 33.3 Å². The van der Waals surface area contributed by atoms with Crippen molar-refractivity contribution in [3.63, 3.8) is 0 Å². The van der Waals surface area contributed by atoms with Crippen molar-refractivity contribution in [3.05, 3.63) is 20.8 Å². The summed E-state index contributed by atoms with van der Waals surface area (Å²) in [7, 11) is 0. The Morgan fingerprint density at radius 3 is 2.80 bits per heavy atom. The number of nitrogens with two attached hydrogens (primary N) is 1. The van der Waals surface area contributed by atoms with Crippen molar-refractivity contribution in [2.75, 3.05) is 0 Å². The topological polar surface area (TPSA) is 26.0 Å². The van der Waals surface area contributed by atoms with Crippen LogP contribution in [0.4, 0.5) is 0 Å². The zero-order chi connectivity index (χ0) is 7.56. The fourth-order valence-corrected chi connectivity index (χ4v) is 2.43. The van der Waals surface area contributed by atoms with E-state index in [9.17, 15) is 0 Å². The third-order valence-corrected chi connectivity index (χ3v) is 3.23. The van der Waals surface area contributed by atoms with Gasteiger partial charge in [-0.2, -0.15) is 11.3 Å². The summed E-state index contributed by atoms with van der Waals surface area (Å²) in [6.07, 6.45) is 0.995. The molecule has 0 aliphatic carbocycles. The van der Waals surface area contributed by atoms with E-state index >= 15 is 0 Å². The van der Waals surface area contributed by atoms with Crippen molar-refractivity contribution in [1.82, 2.24) is 0 Å². The number of halogens is 1. The molecule has 0 radical (unpaired) electrons. The van der Waals surface area contributed by atoms with Gasteiger partial charge in [0, 0.05) is 15.9 Å². The fraction of sp³-hybridized carbons (Fsp3) is 0.429. The average Bonchev–Trinajstić information content (AvgIpc) is 2.34. The minimum absolute atomic E-state index is 0.195. The van der Waals surface area contributed by atoms with E-state index in [1.54, 1.807) is 11.3 Å². The molecule has 0 fully saturated rings. The van der Waals surface area contributed by atoms with Gasteiger partial charge in [0.15, 0.2) is 0 Å². The van der Waals surface area contributed by atoms with Gasteiger partial charge < -0.3 is 5.73 Å². The number of hydrogen-bond acceptors (Lipinski definition) is 2. The van der Waals surface area contributed by atoms with Crippen molar-refractivity contribution in [1.29, 1.82) is 0 Å². The van der Waals surface area contributed by atoms with Gasteiger partial charge in [0.05, 0.1) is 0 Å². The predicted molar refractivity (Wildman–Crippen MR) is 49.2 cm³/mol. The quantitative estimate of drug-likeness (QED) is 0.814. The fourth-order valence-electron chi connectivity index (χ4n) is 0.776. The Bertz CT molecular complexity index is 209. The molecular weight excluding hydrogens is 210 g/mol. The second-order valence-electron chi connectivity index (χ2n) is 2.19. The Labute approximate surface area is 73.4 Å². The minimum Gasteiger partial charge on any atom is -0.324 e. The summed E-state index contributed by atoms with van der Waals surface area (Å²) in [6.45, 7) is 2.09.